The third-order valence-corrected chi connectivity index (χ3v) is 4.07. The number of methoxy groups -OCH3 is 1. The monoisotopic (exact) mass is 335 g/mol. The molecular weight excluding hydrogens is 318 g/mol. The Hall–Kier alpha value is -2.59. The number of carbonyl (C=O) groups excluding carboxylic acids is 1. The van der Waals surface area contributed by atoms with E-state index in [9.17, 15) is 14.7 Å². The lowest BCUT2D eigenvalue weighted by Gasteiger charge is -2.25. The number of aliphatic hydroxyl groups excluding tert-OH is 1. The lowest BCUT2D eigenvalue weighted by Crippen LogP contribution is -2.37. The van der Waals surface area contributed by atoms with Crippen LogP contribution in [0.4, 0.5) is 0 Å². The average Bonchev–Trinajstić information content (AvgIpc) is 3.22. The summed E-state index contributed by atoms with van der Waals surface area (Å²) >= 11 is 0. The first kappa shape index (κ1) is 16.3. The molecule has 2 aromatic heterocycles. The van der Waals surface area contributed by atoms with Crippen molar-refractivity contribution in [1.29, 1.82) is 0 Å². The van der Waals surface area contributed by atoms with Gasteiger partial charge in [0.05, 0.1) is 25.6 Å². The number of hydrogen-bond donors (Lipinski definition) is 2. The van der Waals surface area contributed by atoms with Crippen molar-refractivity contribution < 1.29 is 19.2 Å². The number of nitrogens with zero attached hydrogens (tertiary/aromatic N) is 4. The summed E-state index contributed by atoms with van der Waals surface area (Å²) in [5, 5.41) is 13.1. The zero-order valence-corrected chi connectivity index (χ0v) is 13.1. The summed E-state index contributed by atoms with van der Waals surface area (Å²) in [6.45, 7) is 1.26. The van der Waals surface area contributed by atoms with Crippen LogP contribution in [0.1, 0.15) is 16.9 Å². The summed E-state index contributed by atoms with van der Waals surface area (Å²) in [6, 6.07) is 0. The minimum atomic E-state index is -0.692. The van der Waals surface area contributed by atoms with Crippen molar-refractivity contribution in [1.82, 2.24) is 25.0 Å². The highest BCUT2D eigenvalue weighted by molar-refractivity contribution is 5.92. The molecule has 128 valence electrons. The predicted molar refractivity (Wildman–Crippen MR) is 80.1 cm³/mol. The first-order valence-corrected chi connectivity index (χ1v) is 7.34. The van der Waals surface area contributed by atoms with Crippen molar-refractivity contribution in [2.24, 2.45) is 5.41 Å². The predicted octanol–water partition coefficient (Wildman–Crippen LogP) is -0.709. The van der Waals surface area contributed by atoms with E-state index >= 15 is 0 Å². The molecule has 10 nitrogen and oxygen atoms in total. The van der Waals surface area contributed by atoms with Crippen molar-refractivity contribution in [3.63, 3.8) is 0 Å². The largest absolute Gasteiger partial charge is 0.439 e. The van der Waals surface area contributed by atoms with Gasteiger partial charge in [0, 0.05) is 25.6 Å². The average molecular weight is 335 g/mol. The van der Waals surface area contributed by atoms with E-state index in [1.807, 2.05) is 0 Å². The topological polar surface area (TPSA) is 134 Å². The van der Waals surface area contributed by atoms with Gasteiger partial charge in [0.1, 0.15) is 11.4 Å². The van der Waals surface area contributed by atoms with E-state index in [0.29, 0.717) is 31.8 Å². The molecule has 1 unspecified atom stereocenters. The van der Waals surface area contributed by atoms with Gasteiger partial charge in [-0.3, -0.25) is 14.3 Å². The van der Waals surface area contributed by atoms with E-state index < -0.39 is 11.2 Å². The molecule has 0 radical (unpaired) electrons. The van der Waals surface area contributed by atoms with Crippen LogP contribution >= 0.6 is 0 Å². The van der Waals surface area contributed by atoms with E-state index in [1.165, 1.54) is 12.4 Å². The molecule has 0 bridgehead atoms. The quantitative estimate of drug-likeness (QED) is 0.732. The van der Waals surface area contributed by atoms with Crippen LogP contribution in [-0.4, -0.2) is 69.4 Å². The summed E-state index contributed by atoms with van der Waals surface area (Å²) in [7, 11) is 1.57. The van der Waals surface area contributed by atoms with Gasteiger partial charge in [-0.2, -0.15) is 0 Å². The van der Waals surface area contributed by atoms with Crippen LogP contribution in [0.3, 0.4) is 0 Å². The normalized spacial score (nSPS) is 20.5. The fraction of sp³-hybridized carbons (Fsp3) is 0.500. The molecular formula is C14H17N5O5. The lowest BCUT2D eigenvalue weighted by molar-refractivity contribution is 0.0342. The zero-order valence-electron chi connectivity index (χ0n) is 13.1. The summed E-state index contributed by atoms with van der Waals surface area (Å²) < 4.78 is 9.55. The van der Waals surface area contributed by atoms with Crippen LogP contribution < -0.4 is 5.76 Å². The van der Waals surface area contributed by atoms with Gasteiger partial charge in [0.2, 0.25) is 5.82 Å². The summed E-state index contributed by atoms with van der Waals surface area (Å²) in [5.41, 5.74) is 0.0384. The summed E-state index contributed by atoms with van der Waals surface area (Å²) in [6.07, 6.45) is 3.32. The number of aromatic amines is 1. The van der Waals surface area contributed by atoms with Gasteiger partial charge in [-0.1, -0.05) is 5.16 Å². The highest BCUT2D eigenvalue weighted by Gasteiger charge is 2.40. The number of aliphatic hydroxyl groups is 1. The summed E-state index contributed by atoms with van der Waals surface area (Å²) in [4.78, 5) is 35.6. The van der Waals surface area contributed by atoms with Crippen LogP contribution in [0.5, 0.6) is 0 Å². The van der Waals surface area contributed by atoms with E-state index in [2.05, 4.69) is 24.6 Å². The van der Waals surface area contributed by atoms with Gasteiger partial charge >= 0.3 is 5.76 Å². The molecule has 1 amide bonds. The lowest BCUT2D eigenvalue weighted by atomic mass is 9.89. The molecule has 0 aromatic carbocycles. The SMILES string of the molecule is COCC1(CO)CCN(C(=O)c2cnc(-c3noc(=O)[nH]3)cn2)C1. The maximum absolute atomic E-state index is 12.5. The second-order valence-corrected chi connectivity index (χ2v) is 5.80. The number of likely N-dealkylation sites (tertiary alicyclic amines) is 1. The second kappa shape index (κ2) is 6.49. The van der Waals surface area contributed by atoms with Crippen molar-refractivity contribution in [3.8, 4) is 11.5 Å². The first-order chi connectivity index (χ1) is 11.6. The Labute approximate surface area is 136 Å². The van der Waals surface area contributed by atoms with Gasteiger partial charge in [-0.15, -0.1) is 0 Å². The smallest absolute Gasteiger partial charge is 0.396 e. The number of carbonyl (C=O) groups is 1. The molecule has 0 saturated carbocycles. The zero-order chi connectivity index (χ0) is 17.2. The van der Waals surface area contributed by atoms with E-state index in [1.54, 1.807) is 12.0 Å². The number of amides is 1. The molecule has 1 atom stereocenters. The number of ether oxygens (including phenoxy) is 1. The Balaban J connectivity index is 1.73. The number of aromatic nitrogens is 4. The van der Waals surface area contributed by atoms with Crippen LogP contribution in [0.25, 0.3) is 11.5 Å². The molecule has 0 aliphatic carbocycles. The van der Waals surface area contributed by atoms with Gasteiger partial charge < -0.3 is 14.7 Å². The molecule has 3 heterocycles. The number of nitrogens with one attached hydrogen (secondary N) is 1. The third kappa shape index (κ3) is 3.05. The van der Waals surface area contributed by atoms with Gasteiger partial charge in [0.25, 0.3) is 5.91 Å². The second-order valence-electron chi connectivity index (χ2n) is 5.80. The van der Waals surface area contributed by atoms with Gasteiger partial charge in [-0.25, -0.2) is 14.8 Å². The molecule has 1 saturated heterocycles. The van der Waals surface area contributed by atoms with Gasteiger partial charge in [0.15, 0.2) is 0 Å². The number of H-pyrrole nitrogens is 1. The van der Waals surface area contributed by atoms with Crippen molar-refractivity contribution in [2.75, 3.05) is 33.4 Å². The Kier molecular flexibility index (Phi) is 4.40. The maximum atomic E-state index is 12.5. The standard InChI is InChI=1S/C14H17N5O5/c1-23-8-14(7-20)2-3-19(6-14)12(21)10-5-15-9(4-16-10)11-17-13(22)24-18-11/h4-5,20H,2-3,6-8H2,1H3,(H,17,18,22). The molecule has 3 rings (SSSR count). The first-order valence-electron chi connectivity index (χ1n) is 7.34. The van der Waals surface area contributed by atoms with Crippen LogP contribution in [0.15, 0.2) is 21.7 Å². The van der Waals surface area contributed by atoms with Crippen LogP contribution in [0, 0.1) is 5.41 Å². The maximum Gasteiger partial charge on any atom is 0.439 e. The Morgan fingerprint density at radius 1 is 1.50 bits per heavy atom. The number of hydrogen-bond acceptors (Lipinski definition) is 8. The van der Waals surface area contributed by atoms with Crippen molar-refractivity contribution >= 4 is 5.91 Å². The Morgan fingerprint density at radius 3 is 2.92 bits per heavy atom. The highest BCUT2D eigenvalue weighted by Crippen LogP contribution is 2.31. The number of rotatable bonds is 5. The highest BCUT2D eigenvalue weighted by atomic mass is 16.5. The molecule has 1 fully saturated rings. The fourth-order valence-corrected chi connectivity index (χ4v) is 2.77. The molecule has 1 aliphatic heterocycles. The molecule has 1 aliphatic rings. The third-order valence-electron chi connectivity index (χ3n) is 4.07. The van der Waals surface area contributed by atoms with Crippen LogP contribution in [0.2, 0.25) is 0 Å². The Bertz CT molecular complexity index is 770. The van der Waals surface area contributed by atoms with E-state index in [4.69, 9.17) is 4.74 Å². The minimum absolute atomic E-state index is 0.0469. The van der Waals surface area contributed by atoms with Gasteiger partial charge in [-0.05, 0) is 6.42 Å². The Morgan fingerprint density at radius 2 is 2.33 bits per heavy atom. The molecule has 2 aromatic rings. The van der Waals surface area contributed by atoms with Crippen molar-refractivity contribution in [2.45, 2.75) is 6.42 Å². The molecule has 0 spiro atoms. The molecule has 10 heteroatoms. The van der Waals surface area contributed by atoms with Crippen LogP contribution in [-0.2, 0) is 4.74 Å². The summed E-state index contributed by atoms with van der Waals surface area (Å²) in [5.74, 6) is -0.816. The minimum Gasteiger partial charge on any atom is -0.396 e. The molecule has 2 N–H and O–H groups in total. The van der Waals surface area contributed by atoms with E-state index in [0.717, 1.165) is 0 Å². The molecule has 24 heavy (non-hydrogen) atoms. The fourth-order valence-electron chi connectivity index (χ4n) is 2.77. The van der Waals surface area contributed by atoms with E-state index in [-0.39, 0.29) is 24.0 Å². The van der Waals surface area contributed by atoms with Crippen molar-refractivity contribution in [3.05, 3.63) is 28.6 Å².